The minimum Gasteiger partial charge on any atom is -0.439 e. The van der Waals surface area contributed by atoms with Crippen molar-refractivity contribution >= 4 is 0 Å². The van der Waals surface area contributed by atoms with E-state index in [1.807, 2.05) is 0 Å². The number of ether oxygens (including phenoxy) is 5. The topological polar surface area (TPSA) is 46.2 Å². The molecule has 0 amide bonds. The van der Waals surface area contributed by atoms with E-state index in [1.165, 1.54) is 5.56 Å². The zero-order valence-electron chi connectivity index (χ0n) is 18.6. The maximum absolute atomic E-state index is 6.33. The van der Waals surface area contributed by atoms with Gasteiger partial charge < -0.3 is 23.7 Å². The van der Waals surface area contributed by atoms with Crippen LogP contribution in [-0.2, 0) is 29.8 Å². The van der Waals surface area contributed by atoms with Crippen molar-refractivity contribution in [1.82, 2.24) is 0 Å². The molecule has 0 heterocycles. The zero-order chi connectivity index (χ0) is 20.7. The molecule has 1 aromatic carbocycles. The average molecular weight is 383 g/mol. The van der Waals surface area contributed by atoms with Crippen molar-refractivity contribution in [1.29, 1.82) is 0 Å². The molecule has 0 bridgehead atoms. The van der Waals surface area contributed by atoms with Gasteiger partial charge in [-0.3, -0.25) is 0 Å². The number of rotatable bonds is 10. The van der Waals surface area contributed by atoms with Gasteiger partial charge in [-0.15, -0.1) is 0 Å². The molecule has 1 aromatic rings. The maximum atomic E-state index is 6.33. The van der Waals surface area contributed by atoms with Crippen LogP contribution in [0.5, 0.6) is 5.75 Å². The van der Waals surface area contributed by atoms with Gasteiger partial charge in [0, 0.05) is 21.1 Å². The van der Waals surface area contributed by atoms with Gasteiger partial charge in [0.25, 0.3) is 0 Å². The van der Waals surface area contributed by atoms with Gasteiger partial charge in [0.05, 0.1) is 26.4 Å². The summed E-state index contributed by atoms with van der Waals surface area (Å²) in [5, 5.41) is 0. The normalized spacial score (nSPS) is 13.1. The Hall–Kier alpha value is -1.14. The molecule has 0 fully saturated rings. The van der Waals surface area contributed by atoms with Crippen LogP contribution in [0.15, 0.2) is 18.2 Å². The van der Waals surface area contributed by atoms with Crippen LogP contribution in [0.25, 0.3) is 0 Å². The second kappa shape index (κ2) is 9.87. The number of hydrogen-bond acceptors (Lipinski definition) is 5. The number of methoxy groups -OCH3 is 2. The van der Waals surface area contributed by atoms with Crippen molar-refractivity contribution in [2.24, 2.45) is 0 Å². The van der Waals surface area contributed by atoms with Gasteiger partial charge in [0.1, 0.15) is 5.75 Å². The molecule has 156 valence electrons. The molecule has 5 nitrogen and oxygen atoms in total. The molecule has 0 unspecified atom stereocenters. The Balaban J connectivity index is 3.22. The second-order valence-electron chi connectivity index (χ2n) is 8.86. The predicted molar refractivity (Wildman–Crippen MR) is 109 cm³/mol. The van der Waals surface area contributed by atoms with Crippen molar-refractivity contribution < 1.29 is 23.7 Å². The predicted octanol–water partition coefficient (Wildman–Crippen LogP) is 4.66. The SMILES string of the molecule is COCCOC(C)(OCCOC)Oc1cc(C(C)(C)C)ccc1C(C)(C)C. The molecule has 0 aliphatic carbocycles. The first-order chi connectivity index (χ1) is 12.4. The Labute approximate surface area is 165 Å². The van der Waals surface area contributed by atoms with Crippen LogP contribution in [-0.4, -0.2) is 46.6 Å². The summed E-state index contributed by atoms with van der Waals surface area (Å²) in [5.41, 5.74) is 2.24. The fourth-order valence-electron chi connectivity index (χ4n) is 2.61. The molecule has 0 aliphatic rings. The van der Waals surface area contributed by atoms with Crippen LogP contribution in [0.3, 0.4) is 0 Å². The standard InChI is InChI=1S/C22H38O5/c1-20(2,3)17-10-11-18(21(4,5)6)19(16-17)27-22(7,25-14-12-23-8)26-15-13-24-9/h10-11,16H,12-15H2,1-9H3. The summed E-state index contributed by atoms with van der Waals surface area (Å²) in [7, 11) is 3.27. The minimum absolute atomic E-state index is 0.0126. The summed E-state index contributed by atoms with van der Waals surface area (Å²) in [6, 6.07) is 6.40. The molecule has 0 N–H and O–H groups in total. The molecule has 0 atom stereocenters. The summed E-state index contributed by atoms with van der Waals surface area (Å²) in [5.74, 6) is -0.458. The lowest BCUT2D eigenvalue weighted by molar-refractivity contribution is -0.336. The summed E-state index contributed by atoms with van der Waals surface area (Å²) >= 11 is 0. The molecular weight excluding hydrogens is 344 g/mol. The van der Waals surface area contributed by atoms with Crippen LogP contribution in [0.1, 0.15) is 59.6 Å². The third kappa shape index (κ3) is 7.78. The monoisotopic (exact) mass is 382 g/mol. The van der Waals surface area contributed by atoms with Crippen LogP contribution < -0.4 is 4.74 Å². The van der Waals surface area contributed by atoms with Crippen LogP contribution in [0, 0.1) is 0 Å². The molecule has 0 saturated heterocycles. The molecule has 0 aliphatic heterocycles. The Kier molecular flexibility index (Phi) is 8.74. The highest BCUT2D eigenvalue weighted by molar-refractivity contribution is 5.43. The van der Waals surface area contributed by atoms with E-state index in [0.717, 1.165) is 11.3 Å². The van der Waals surface area contributed by atoms with Crippen LogP contribution in [0.2, 0.25) is 0 Å². The van der Waals surface area contributed by atoms with E-state index in [1.54, 1.807) is 21.1 Å². The van der Waals surface area contributed by atoms with E-state index >= 15 is 0 Å². The second-order valence-corrected chi connectivity index (χ2v) is 8.86. The molecule has 5 heteroatoms. The summed E-state index contributed by atoms with van der Waals surface area (Å²) in [6.07, 6.45) is 0. The number of benzene rings is 1. The van der Waals surface area contributed by atoms with E-state index in [2.05, 4.69) is 59.7 Å². The molecule has 1 rings (SSSR count). The van der Waals surface area contributed by atoms with E-state index in [9.17, 15) is 0 Å². The first kappa shape index (κ1) is 23.9. The first-order valence-electron chi connectivity index (χ1n) is 9.53. The van der Waals surface area contributed by atoms with E-state index in [-0.39, 0.29) is 10.8 Å². The largest absolute Gasteiger partial charge is 0.439 e. The minimum atomic E-state index is -1.23. The number of hydrogen-bond donors (Lipinski definition) is 0. The Bertz CT molecular complexity index is 559. The van der Waals surface area contributed by atoms with Crippen LogP contribution in [0.4, 0.5) is 0 Å². The average Bonchev–Trinajstić information content (AvgIpc) is 2.53. The third-order valence-corrected chi connectivity index (χ3v) is 4.25. The van der Waals surface area contributed by atoms with Gasteiger partial charge in [-0.1, -0.05) is 53.7 Å². The van der Waals surface area contributed by atoms with Gasteiger partial charge in [-0.25, -0.2) is 0 Å². The highest BCUT2D eigenvalue weighted by atomic mass is 16.9. The molecule has 0 radical (unpaired) electrons. The van der Waals surface area contributed by atoms with Crippen molar-refractivity contribution in [2.45, 2.75) is 65.3 Å². The molecular formula is C22H38O5. The van der Waals surface area contributed by atoms with Crippen molar-refractivity contribution in [3.63, 3.8) is 0 Å². The molecule has 27 heavy (non-hydrogen) atoms. The third-order valence-electron chi connectivity index (χ3n) is 4.25. The van der Waals surface area contributed by atoms with Gasteiger partial charge in [0.2, 0.25) is 0 Å². The molecule has 0 saturated carbocycles. The summed E-state index contributed by atoms with van der Waals surface area (Å²) < 4.78 is 28.3. The van der Waals surface area contributed by atoms with Crippen LogP contribution >= 0.6 is 0 Å². The van der Waals surface area contributed by atoms with E-state index in [0.29, 0.717) is 26.4 Å². The van der Waals surface area contributed by atoms with Gasteiger partial charge in [-0.05, 0) is 28.0 Å². The zero-order valence-corrected chi connectivity index (χ0v) is 18.6. The van der Waals surface area contributed by atoms with Gasteiger partial charge in [0.15, 0.2) is 0 Å². The Morgan fingerprint density at radius 2 is 1.22 bits per heavy atom. The fourth-order valence-corrected chi connectivity index (χ4v) is 2.61. The maximum Gasteiger partial charge on any atom is 0.324 e. The molecule has 0 aromatic heterocycles. The lowest BCUT2D eigenvalue weighted by Gasteiger charge is -2.34. The quantitative estimate of drug-likeness (QED) is 0.435. The summed E-state index contributed by atoms with van der Waals surface area (Å²) in [4.78, 5) is 0. The van der Waals surface area contributed by atoms with E-state index < -0.39 is 5.97 Å². The highest BCUT2D eigenvalue weighted by Crippen LogP contribution is 2.37. The first-order valence-corrected chi connectivity index (χ1v) is 9.53. The lowest BCUT2D eigenvalue weighted by atomic mass is 9.81. The highest BCUT2D eigenvalue weighted by Gasteiger charge is 2.32. The Morgan fingerprint density at radius 1 is 0.704 bits per heavy atom. The molecule has 0 spiro atoms. The fraction of sp³-hybridized carbons (Fsp3) is 0.727. The van der Waals surface area contributed by atoms with Crippen molar-refractivity contribution in [3.05, 3.63) is 29.3 Å². The summed E-state index contributed by atoms with van der Waals surface area (Å²) in [6.45, 7) is 16.5. The van der Waals surface area contributed by atoms with Crippen molar-refractivity contribution in [3.8, 4) is 5.75 Å². The Morgan fingerprint density at radius 3 is 1.63 bits per heavy atom. The van der Waals surface area contributed by atoms with Gasteiger partial charge >= 0.3 is 5.97 Å². The lowest BCUT2D eigenvalue weighted by Crippen LogP contribution is -2.41. The van der Waals surface area contributed by atoms with Crippen molar-refractivity contribution in [2.75, 3.05) is 40.6 Å². The van der Waals surface area contributed by atoms with Gasteiger partial charge in [-0.2, -0.15) is 0 Å². The smallest absolute Gasteiger partial charge is 0.324 e. The van der Waals surface area contributed by atoms with E-state index in [4.69, 9.17) is 23.7 Å².